The first kappa shape index (κ1) is 10.0. The highest BCUT2D eigenvalue weighted by Gasteiger charge is 2.09. The average Bonchev–Trinajstić information content (AvgIpc) is 2.96. The minimum Gasteiger partial charge on any atom is -0.345 e. The average molecular weight is 228 g/mol. The van der Waals surface area contributed by atoms with Crippen molar-refractivity contribution in [1.29, 1.82) is 0 Å². The Morgan fingerprint density at radius 1 is 1.35 bits per heavy atom. The van der Waals surface area contributed by atoms with Crippen LogP contribution in [0.2, 0.25) is 0 Å². The van der Waals surface area contributed by atoms with Gasteiger partial charge in [0, 0.05) is 12.0 Å². The number of rotatable bonds is 3. The molecule has 1 N–H and O–H groups in total. The zero-order chi connectivity index (χ0) is 11.7. The minimum absolute atomic E-state index is 0.560. The largest absolute Gasteiger partial charge is 0.345 e. The van der Waals surface area contributed by atoms with Crippen LogP contribution in [0.15, 0.2) is 29.0 Å². The third-order valence-electron chi connectivity index (χ3n) is 2.61. The molecular formula is C12H12N4O. The lowest BCUT2D eigenvalue weighted by molar-refractivity contribution is 0.422. The summed E-state index contributed by atoms with van der Waals surface area (Å²) >= 11 is 0. The van der Waals surface area contributed by atoms with Crippen molar-refractivity contribution in [2.24, 2.45) is 0 Å². The molecule has 0 saturated heterocycles. The van der Waals surface area contributed by atoms with Gasteiger partial charge in [0.1, 0.15) is 0 Å². The van der Waals surface area contributed by atoms with Crippen molar-refractivity contribution in [1.82, 2.24) is 20.1 Å². The zero-order valence-corrected chi connectivity index (χ0v) is 9.47. The SMILES string of the molecule is CCCc1noc(-c2ccc3nc[nH]c3c2)n1. The summed E-state index contributed by atoms with van der Waals surface area (Å²) < 4.78 is 5.23. The first-order valence-corrected chi connectivity index (χ1v) is 5.63. The van der Waals surface area contributed by atoms with Crippen LogP contribution in [0, 0.1) is 0 Å². The number of imidazole rings is 1. The molecule has 0 bridgehead atoms. The Morgan fingerprint density at radius 2 is 2.29 bits per heavy atom. The summed E-state index contributed by atoms with van der Waals surface area (Å²) in [4.78, 5) is 11.6. The molecule has 0 aliphatic rings. The van der Waals surface area contributed by atoms with Crippen molar-refractivity contribution in [3.05, 3.63) is 30.4 Å². The third-order valence-corrected chi connectivity index (χ3v) is 2.61. The van der Waals surface area contributed by atoms with E-state index in [9.17, 15) is 0 Å². The molecule has 0 unspecified atom stereocenters. The smallest absolute Gasteiger partial charge is 0.257 e. The maximum atomic E-state index is 5.23. The summed E-state index contributed by atoms with van der Waals surface area (Å²) in [5, 5.41) is 3.94. The maximum absolute atomic E-state index is 5.23. The molecule has 0 aliphatic carbocycles. The van der Waals surface area contributed by atoms with E-state index in [1.54, 1.807) is 6.33 Å². The van der Waals surface area contributed by atoms with Gasteiger partial charge in [0.05, 0.1) is 17.4 Å². The maximum Gasteiger partial charge on any atom is 0.257 e. The molecule has 0 amide bonds. The molecule has 2 heterocycles. The van der Waals surface area contributed by atoms with Gasteiger partial charge in [-0.1, -0.05) is 12.1 Å². The van der Waals surface area contributed by atoms with Crippen molar-refractivity contribution >= 4 is 11.0 Å². The van der Waals surface area contributed by atoms with E-state index < -0.39 is 0 Å². The normalized spacial score (nSPS) is 11.1. The number of hydrogen-bond acceptors (Lipinski definition) is 4. The Hall–Kier alpha value is -2.17. The number of hydrogen-bond donors (Lipinski definition) is 1. The fraction of sp³-hybridized carbons (Fsp3) is 0.250. The molecule has 17 heavy (non-hydrogen) atoms. The number of aryl methyl sites for hydroxylation is 1. The molecule has 3 rings (SSSR count). The molecule has 86 valence electrons. The van der Waals surface area contributed by atoms with Crippen molar-refractivity contribution in [2.75, 3.05) is 0 Å². The van der Waals surface area contributed by atoms with Crippen LogP contribution in [0.3, 0.4) is 0 Å². The molecule has 5 nitrogen and oxygen atoms in total. The van der Waals surface area contributed by atoms with Crippen molar-refractivity contribution < 1.29 is 4.52 Å². The van der Waals surface area contributed by atoms with Crippen LogP contribution in [0.1, 0.15) is 19.2 Å². The van der Waals surface area contributed by atoms with Crippen molar-refractivity contribution in [2.45, 2.75) is 19.8 Å². The Balaban J connectivity index is 2.00. The van der Waals surface area contributed by atoms with E-state index in [1.807, 2.05) is 18.2 Å². The van der Waals surface area contributed by atoms with E-state index >= 15 is 0 Å². The highest BCUT2D eigenvalue weighted by molar-refractivity contribution is 5.79. The number of benzene rings is 1. The van der Waals surface area contributed by atoms with Crippen molar-refractivity contribution in [3.63, 3.8) is 0 Å². The fourth-order valence-electron chi connectivity index (χ4n) is 1.76. The van der Waals surface area contributed by atoms with Gasteiger partial charge in [-0.05, 0) is 24.6 Å². The number of nitrogens with zero attached hydrogens (tertiary/aromatic N) is 3. The highest BCUT2D eigenvalue weighted by atomic mass is 16.5. The molecule has 0 atom stereocenters. The van der Waals surface area contributed by atoms with Gasteiger partial charge in [-0.3, -0.25) is 0 Å². The highest BCUT2D eigenvalue weighted by Crippen LogP contribution is 2.21. The third kappa shape index (κ3) is 1.80. The summed E-state index contributed by atoms with van der Waals surface area (Å²) in [6, 6.07) is 5.84. The molecule has 0 spiro atoms. The molecule has 5 heteroatoms. The number of fused-ring (bicyclic) bond motifs is 1. The predicted octanol–water partition coefficient (Wildman–Crippen LogP) is 2.57. The number of aromatic nitrogens is 4. The van der Waals surface area contributed by atoms with Crippen LogP contribution >= 0.6 is 0 Å². The number of nitrogens with one attached hydrogen (secondary N) is 1. The van der Waals surface area contributed by atoms with Crippen LogP contribution < -0.4 is 0 Å². The summed E-state index contributed by atoms with van der Waals surface area (Å²) in [6.45, 7) is 2.09. The fourth-order valence-corrected chi connectivity index (χ4v) is 1.76. The van der Waals surface area contributed by atoms with E-state index in [1.165, 1.54) is 0 Å². The van der Waals surface area contributed by atoms with Gasteiger partial charge < -0.3 is 9.51 Å². The van der Waals surface area contributed by atoms with E-state index in [0.29, 0.717) is 5.89 Å². The lowest BCUT2D eigenvalue weighted by Crippen LogP contribution is -1.85. The van der Waals surface area contributed by atoms with Crippen LogP contribution in [0.25, 0.3) is 22.5 Å². The number of H-pyrrole nitrogens is 1. The monoisotopic (exact) mass is 228 g/mol. The molecule has 0 radical (unpaired) electrons. The molecule has 2 aromatic heterocycles. The molecule has 1 aromatic carbocycles. The van der Waals surface area contributed by atoms with Crippen molar-refractivity contribution in [3.8, 4) is 11.5 Å². The predicted molar refractivity (Wildman–Crippen MR) is 63.4 cm³/mol. The Morgan fingerprint density at radius 3 is 3.18 bits per heavy atom. The van der Waals surface area contributed by atoms with Crippen LogP contribution in [0.4, 0.5) is 0 Å². The standard InChI is InChI=1S/C12H12N4O/c1-2-3-11-15-12(17-16-11)8-4-5-9-10(6-8)14-7-13-9/h4-7H,2-3H2,1H3,(H,13,14). The van der Waals surface area contributed by atoms with E-state index in [4.69, 9.17) is 4.52 Å². The van der Waals surface area contributed by atoms with E-state index in [2.05, 4.69) is 27.0 Å². The summed E-state index contributed by atoms with van der Waals surface area (Å²) in [7, 11) is 0. The van der Waals surface area contributed by atoms with Gasteiger partial charge in [0.25, 0.3) is 5.89 Å². The second-order valence-electron chi connectivity index (χ2n) is 3.90. The molecule has 0 aliphatic heterocycles. The van der Waals surface area contributed by atoms with Crippen LogP contribution in [0.5, 0.6) is 0 Å². The van der Waals surface area contributed by atoms with Gasteiger partial charge in [0.15, 0.2) is 5.82 Å². The van der Waals surface area contributed by atoms with Gasteiger partial charge >= 0.3 is 0 Å². The van der Waals surface area contributed by atoms with E-state index in [0.717, 1.165) is 35.3 Å². The molecule has 3 aromatic rings. The Bertz CT molecular complexity index is 641. The number of aromatic amines is 1. The molecule has 0 saturated carbocycles. The first-order chi connectivity index (χ1) is 8.36. The summed E-state index contributed by atoms with van der Waals surface area (Å²) in [6.07, 6.45) is 3.53. The minimum atomic E-state index is 0.560. The Kier molecular flexibility index (Phi) is 2.36. The molecule has 0 fully saturated rings. The first-order valence-electron chi connectivity index (χ1n) is 5.63. The van der Waals surface area contributed by atoms with Gasteiger partial charge in [-0.2, -0.15) is 4.98 Å². The lowest BCUT2D eigenvalue weighted by atomic mass is 10.2. The van der Waals surface area contributed by atoms with Gasteiger partial charge in [0.2, 0.25) is 0 Å². The summed E-state index contributed by atoms with van der Waals surface area (Å²) in [5.41, 5.74) is 2.82. The second kappa shape index (κ2) is 4.01. The van der Waals surface area contributed by atoms with Crippen LogP contribution in [-0.2, 0) is 6.42 Å². The molecular weight excluding hydrogens is 216 g/mol. The second-order valence-corrected chi connectivity index (χ2v) is 3.90. The van der Waals surface area contributed by atoms with Crippen LogP contribution in [-0.4, -0.2) is 20.1 Å². The lowest BCUT2D eigenvalue weighted by Gasteiger charge is -1.93. The van der Waals surface area contributed by atoms with E-state index in [-0.39, 0.29) is 0 Å². The summed E-state index contributed by atoms with van der Waals surface area (Å²) in [5.74, 6) is 1.32. The Labute approximate surface area is 97.9 Å². The quantitative estimate of drug-likeness (QED) is 0.748. The zero-order valence-electron chi connectivity index (χ0n) is 9.47. The topological polar surface area (TPSA) is 67.6 Å². The van der Waals surface area contributed by atoms with Gasteiger partial charge in [-0.15, -0.1) is 0 Å². The van der Waals surface area contributed by atoms with Gasteiger partial charge in [-0.25, -0.2) is 4.98 Å².